The second kappa shape index (κ2) is 4.18. The van der Waals surface area contributed by atoms with Crippen molar-refractivity contribution in [1.29, 1.82) is 0 Å². The number of hydrogen-bond acceptors (Lipinski definition) is 4. The van der Waals surface area contributed by atoms with Crippen LogP contribution in [0.25, 0.3) is 0 Å². The number of nitrogens with two attached hydrogens (primary N) is 1. The van der Waals surface area contributed by atoms with Crippen molar-refractivity contribution in [2.24, 2.45) is 0 Å². The summed E-state index contributed by atoms with van der Waals surface area (Å²) >= 11 is 0. The van der Waals surface area contributed by atoms with Crippen molar-refractivity contribution >= 4 is 11.5 Å². The standard InChI is InChI=1S/C13H20N4/c1-10-9-15-13(8-12(10)14)17-6-4-16(5-7-17)11-2-3-11/h8-9,11H,2-7H2,1H3,(H2,14,15). The molecule has 17 heavy (non-hydrogen) atoms. The van der Waals surface area contributed by atoms with Crippen molar-refractivity contribution in [2.75, 3.05) is 36.8 Å². The highest BCUT2D eigenvalue weighted by atomic mass is 15.3. The molecule has 2 N–H and O–H groups in total. The van der Waals surface area contributed by atoms with Crippen molar-refractivity contribution in [2.45, 2.75) is 25.8 Å². The van der Waals surface area contributed by atoms with Gasteiger partial charge in [0, 0.05) is 50.2 Å². The van der Waals surface area contributed by atoms with E-state index in [1.807, 2.05) is 19.2 Å². The summed E-state index contributed by atoms with van der Waals surface area (Å²) in [5, 5.41) is 0. The summed E-state index contributed by atoms with van der Waals surface area (Å²) in [4.78, 5) is 9.42. The minimum absolute atomic E-state index is 0.847. The fourth-order valence-electron chi connectivity index (χ4n) is 2.46. The molecule has 4 heteroatoms. The molecule has 3 rings (SSSR count). The Morgan fingerprint density at radius 1 is 1.24 bits per heavy atom. The fourth-order valence-corrected chi connectivity index (χ4v) is 2.46. The zero-order valence-corrected chi connectivity index (χ0v) is 10.4. The summed E-state index contributed by atoms with van der Waals surface area (Å²) in [6.45, 7) is 6.48. The number of piperazine rings is 1. The second-order valence-corrected chi connectivity index (χ2v) is 5.15. The number of hydrogen-bond donors (Lipinski definition) is 1. The van der Waals surface area contributed by atoms with E-state index in [1.165, 1.54) is 25.9 Å². The molecule has 1 aliphatic heterocycles. The van der Waals surface area contributed by atoms with Crippen LogP contribution in [-0.2, 0) is 0 Å². The minimum atomic E-state index is 0.847. The summed E-state index contributed by atoms with van der Waals surface area (Å²) in [5.74, 6) is 1.03. The monoisotopic (exact) mass is 232 g/mol. The molecular formula is C13H20N4. The summed E-state index contributed by atoms with van der Waals surface area (Å²) < 4.78 is 0. The summed E-state index contributed by atoms with van der Waals surface area (Å²) in [6.07, 6.45) is 4.67. The second-order valence-electron chi connectivity index (χ2n) is 5.15. The predicted molar refractivity (Wildman–Crippen MR) is 70.2 cm³/mol. The van der Waals surface area contributed by atoms with Crippen LogP contribution in [0.2, 0.25) is 0 Å². The third-order valence-electron chi connectivity index (χ3n) is 3.83. The van der Waals surface area contributed by atoms with Crippen molar-refractivity contribution in [1.82, 2.24) is 9.88 Å². The molecule has 1 aliphatic carbocycles. The van der Waals surface area contributed by atoms with Crippen LogP contribution in [0.15, 0.2) is 12.3 Å². The van der Waals surface area contributed by atoms with Crippen molar-refractivity contribution in [3.8, 4) is 0 Å². The maximum atomic E-state index is 5.94. The maximum Gasteiger partial charge on any atom is 0.130 e. The van der Waals surface area contributed by atoms with Crippen LogP contribution in [0.5, 0.6) is 0 Å². The fraction of sp³-hybridized carbons (Fsp3) is 0.615. The average Bonchev–Trinajstić information content (AvgIpc) is 3.17. The Morgan fingerprint density at radius 3 is 2.53 bits per heavy atom. The van der Waals surface area contributed by atoms with E-state index in [0.717, 1.165) is 36.2 Å². The molecule has 0 radical (unpaired) electrons. The summed E-state index contributed by atoms with van der Waals surface area (Å²) in [6, 6.07) is 2.88. The van der Waals surface area contributed by atoms with Gasteiger partial charge in [0.15, 0.2) is 0 Å². The Kier molecular flexibility index (Phi) is 2.67. The van der Waals surface area contributed by atoms with Crippen molar-refractivity contribution in [3.63, 3.8) is 0 Å². The molecule has 0 unspecified atom stereocenters. The van der Waals surface area contributed by atoms with Crippen molar-refractivity contribution < 1.29 is 0 Å². The van der Waals surface area contributed by atoms with Gasteiger partial charge in [-0.15, -0.1) is 0 Å². The van der Waals surface area contributed by atoms with E-state index >= 15 is 0 Å². The SMILES string of the molecule is Cc1cnc(N2CCN(C3CC3)CC2)cc1N. The van der Waals surface area contributed by atoms with Crippen LogP contribution in [0.3, 0.4) is 0 Å². The molecule has 1 aromatic rings. The van der Waals surface area contributed by atoms with Gasteiger partial charge in [0.1, 0.15) is 5.82 Å². The van der Waals surface area contributed by atoms with Gasteiger partial charge in [-0.1, -0.05) is 0 Å². The lowest BCUT2D eigenvalue weighted by atomic mass is 10.2. The number of rotatable bonds is 2. The highest BCUT2D eigenvalue weighted by molar-refractivity contribution is 5.54. The van der Waals surface area contributed by atoms with E-state index in [1.54, 1.807) is 0 Å². The normalized spacial score (nSPS) is 21.8. The molecule has 0 amide bonds. The van der Waals surface area contributed by atoms with E-state index in [-0.39, 0.29) is 0 Å². The van der Waals surface area contributed by atoms with Crippen molar-refractivity contribution in [3.05, 3.63) is 17.8 Å². The minimum Gasteiger partial charge on any atom is -0.398 e. The van der Waals surface area contributed by atoms with Gasteiger partial charge in [-0.3, -0.25) is 4.90 Å². The van der Waals surface area contributed by atoms with E-state index in [9.17, 15) is 0 Å². The zero-order valence-electron chi connectivity index (χ0n) is 10.4. The van der Waals surface area contributed by atoms with Gasteiger partial charge in [-0.05, 0) is 25.3 Å². The first-order valence-electron chi connectivity index (χ1n) is 6.45. The van der Waals surface area contributed by atoms with E-state index in [4.69, 9.17) is 5.73 Å². The number of anilines is 2. The Labute approximate surface area is 102 Å². The van der Waals surface area contributed by atoms with Crippen LogP contribution in [-0.4, -0.2) is 42.1 Å². The Hall–Kier alpha value is -1.29. The van der Waals surface area contributed by atoms with Gasteiger partial charge in [-0.2, -0.15) is 0 Å². The Morgan fingerprint density at radius 2 is 1.94 bits per heavy atom. The third-order valence-corrected chi connectivity index (χ3v) is 3.83. The first-order valence-corrected chi connectivity index (χ1v) is 6.45. The molecule has 1 saturated carbocycles. The molecular weight excluding hydrogens is 212 g/mol. The highest BCUT2D eigenvalue weighted by Gasteiger charge is 2.31. The average molecular weight is 232 g/mol. The molecule has 0 atom stereocenters. The van der Waals surface area contributed by atoms with Crippen LogP contribution >= 0.6 is 0 Å². The lowest BCUT2D eigenvalue weighted by Crippen LogP contribution is -2.47. The zero-order chi connectivity index (χ0) is 11.8. The van der Waals surface area contributed by atoms with Gasteiger partial charge in [-0.25, -0.2) is 4.98 Å². The lowest BCUT2D eigenvalue weighted by Gasteiger charge is -2.35. The number of nitrogens with zero attached hydrogens (tertiary/aromatic N) is 3. The van der Waals surface area contributed by atoms with Crippen LogP contribution in [0.4, 0.5) is 11.5 Å². The molecule has 2 aliphatic rings. The molecule has 92 valence electrons. The largest absolute Gasteiger partial charge is 0.398 e. The van der Waals surface area contributed by atoms with Gasteiger partial charge in [0.25, 0.3) is 0 Å². The van der Waals surface area contributed by atoms with Crippen LogP contribution < -0.4 is 10.6 Å². The third kappa shape index (κ3) is 2.22. The molecule has 0 bridgehead atoms. The molecule has 0 spiro atoms. The van der Waals surface area contributed by atoms with Gasteiger partial charge in [0.2, 0.25) is 0 Å². The summed E-state index contributed by atoms with van der Waals surface area (Å²) in [7, 11) is 0. The molecule has 2 fully saturated rings. The van der Waals surface area contributed by atoms with Gasteiger partial charge >= 0.3 is 0 Å². The first kappa shape index (κ1) is 10.8. The smallest absolute Gasteiger partial charge is 0.130 e. The molecule has 2 heterocycles. The molecule has 1 aromatic heterocycles. The van der Waals surface area contributed by atoms with Crippen LogP contribution in [0, 0.1) is 6.92 Å². The first-order chi connectivity index (χ1) is 8.24. The van der Waals surface area contributed by atoms with Gasteiger partial charge in [0.05, 0.1) is 0 Å². The maximum absolute atomic E-state index is 5.94. The van der Waals surface area contributed by atoms with Gasteiger partial charge < -0.3 is 10.6 Å². The number of pyridine rings is 1. The number of aryl methyl sites for hydroxylation is 1. The Balaban J connectivity index is 1.66. The van der Waals surface area contributed by atoms with E-state index < -0.39 is 0 Å². The predicted octanol–water partition coefficient (Wildman–Crippen LogP) is 1.26. The molecule has 0 aromatic carbocycles. The van der Waals surface area contributed by atoms with E-state index in [2.05, 4.69) is 14.8 Å². The topological polar surface area (TPSA) is 45.4 Å². The number of aromatic nitrogens is 1. The lowest BCUT2D eigenvalue weighted by molar-refractivity contribution is 0.247. The molecule has 1 saturated heterocycles. The highest BCUT2D eigenvalue weighted by Crippen LogP contribution is 2.28. The van der Waals surface area contributed by atoms with E-state index in [0.29, 0.717) is 0 Å². The number of nitrogen functional groups attached to an aromatic ring is 1. The van der Waals surface area contributed by atoms with Crippen LogP contribution in [0.1, 0.15) is 18.4 Å². The summed E-state index contributed by atoms with van der Waals surface area (Å²) in [5.41, 5.74) is 7.84. The quantitative estimate of drug-likeness (QED) is 0.833. The molecule has 4 nitrogen and oxygen atoms in total. The Bertz CT molecular complexity index is 406.